The van der Waals surface area contributed by atoms with Gasteiger partial charge in [-0.2, -0.15) is 0 Å². The molecule has 68 valence electrons. The number of hydrogen-bond acceptors (Lipinski definition) is 1. The summed E-state index contributed by atoms with van der Waals surface area (Å²) in [6.07, 6.45) is 0. The maximum absolute atomic E-state index is 5.61. The summed E-state index contributed by atoms with van der Waals surface area (Å²) >= 11 is 3.44. The normalized spacial score (nSPS) is 11.0. The number of nitrogens with one attached hydrogen (secondary N) is 1. The minimum absolute atomic E-state index is 0.568. The minimum atomic E-state index is 0.568. The maximum atomic E-state index is 5.61. The highest BCUT2D eigenvalue weighted by Gasteiger charge is 2.05. The van der Waals surface area contributed by atoms with Gasteiger partial charge in [0.05, 0.1) is 0 Å². The van der Waals surface area contributed by atoms with E-state index in [1.807, 2.05) is 6.07 Å². The zero-order valence-corrected chi connectivity index (χ0v) is 8.98. The Labute approximate surface area is 85.3 Å². The van der Waals surface area contributed by atoms with Crippen LogP contribution in [0.3, 0.4) is 0 Å². The zero-order chi connectivity index (χ0) is 9.42. The predicted molar refractivity (Wildman–Crippen MR) is 58.6 cm³/mol. The van der Waals surface area contributed by atoms with Gasteiger partial charge in [0.1, 0.15) is 0 Å². The summed E-state index contributed by atoms with van der Waals surface area (Å²) in [4.78, 5) is 3.30. The van der Waals surface area contributed by atoms with Gasteiger partial charge in [0, 0.05) is 27.6 Å². The Morgan fingerprint density at radius 2 is 2.23 bits per heavy atom. The van der Waals surface area contributed by atoms with Crippen molar-refractivity contribution in [2.24, 2.45) is 5.73 Å². The summed E-state index contributed by atoms with van der Waals surface area (Å²) in [5.41, 5.74) is 9.13. The molecule has 0 aliphatic carbocycles. The number of fused-ring (bicyclic) bond motifs is 1. The molecule has 0 saturated heterocycles. The van der Waals surface area contributed by atoms with Crippen LogP contribution in [0.25, 0.3) is 10.9 Å². The zero-order valence-electron chi connectivity index (χ0n) is 7.39. The monoisotopic (exact) mass is 238 g/mol. The van der Waals surface area contributed by atoms with Crippen molar-refractivity contribution in [1.29, 1.82) is 0 Å². The van der Waals surface area contributed by atoms with Crippen LogP contribution in [-0.4, -0.2) is 4.98 Å². The van der Waals surface area contributed by atoms with Gasteiger partial charge in [-0.25, -0.2) is 0 Å². The number of H-pyrrole nitrogens is 1. The predicted octanol–water partition coefficient (Wildman–Crippen LogP) is 2.70. The van der Waals surface area contributed by atoms with Crippen LogP contribution in [0, 0.1) is 6.92 Å². The molecule has 0 amide bonds. The Kier molecular flexibility index (Phi) is 2.14. The molecule has 2 aromatic rings. The van der Waals surface area contributed by atoms with Crippen molar-refractivity contribution >= 4 is 26.8 Å². The summed E-state index contributed by atoms with van der Waals surface area (Å²) in [6, 6.07) is 6.22. The third-order valence-corrected chi connectivity index (χ3v) is 2.82. The second-order valence-corrected chi connectivity index (χ2v) is 4.04. The fourth-order valence-electron chi connectivity index (χ4n) is 1.57. The highest BCUT2D eigenvalue weighted by molar-refractivity contribution is 9.10. The molecule has 1 aromatic heterocycles. The van der Waals surface area contributed by atoms with Gasteiger partial charge in [-0.1, -0.05) is 22.0 Å². The summed E-state index contributed by atoms with van der Waals surface area (Å²) in [6.45, 7) is 2.66. The van der Waals surface area contributed by atoms with Crippen LogP contribution in [-0.2, 0) is 6.54 Å². The second kappa shape index (κ2) is 3.16. The van der Waals surface area contributed by atoms with Gasteiger partial charge in [0.2, 0.25) is 0 Å². The molecule has 0 radical (unpaired) electrons. The van der Waals surface area contributed by atoms with Crippen LogP contribution in [0.1, 0.15) is 11.3 Å². The SMILES string of the molecule is Cc1c(CN)[nH]c2cc(Br)ccc12. The fourth-order valence-corrected chi connectivity index (χ4v) is 1.93. The van der Waals surface area contributed by atoms with E-state index in [0.717, 1.165) is 15.7 Å². The number of nitrogens with two attached hydrogens (primary N) is 1. The summed E-state index contributed by atoms with van der Waals surface area (Å²) in [7, 11) is 0. The molecule has 1 heterocycles. The van der Waals surface area contributed by atoms with Gasteiger partial charge < -0.3 is 10.7 Å². The van der Waals surface area contributed by atoms with E-state index < -0.39 is 0 Å². The summed E-state index contributed by atoms with van der Waals surface area (Å²) in [5.74, 6) is 0. The molecule has 0 bridgehead atoms. The smallest absolute Gasteiger partial charge is 0.0470 e. The fraction of sp³-hybridized carbons (Fsp3) is 0.200. The molecule has 1 aromatic carbocycles. The molecule has 0 atom stereocenters. The van der Waals surface area contributed by atoms with E-state index in [-0.39, 0.29) is 0 Å². The number of halogens is 1. The Bertz CT molecular complexity index is 445. The van der Waals surface area contributed by atoms with Crippen LogP contribution in [0.4, 0.5) is 0 Å². The molecule has 0 spiro atoms. The third kappa shape index (κ3) is 1.38. The molecule has 3 N–H and O–H groups in total. The minimum Gasteiger partial charge on any atom is -0.357 e. The lowest BCUT2D eigenvalue weighted by atomic mass is 10.1. The van der Waals surface area contributed by atoms with Crippen LogP contribution < -0.4 is 5.73 Å². The summed E-state index contributed by atoms with van der Waals surface area (Å²) in [5, 5.41) is 1.25. The number of aromatic nitrogens is 1. The Morgan fingerprint density at radius 1 is 1.46 bits per heavy atom. The number of benzene rings is 1. The van der Waals surface area contributed by atoms with Gasteiger partial charge in [-0.15, -0.1) is 0 Å². The van der Waals surface area contributed by atoms with Crippen molar-refractivity contribution in [3.05, 3.63) is 33.9 Å². The average Bonchev–Trinajstić information content (AvgIpc) is 2.42. The molecule has 0 fully saturated rings. The first-order valence-corrected chi connectivity index (χ1v) is 4.98. The van der Waals surface area contributed by atoms with Crippen LogP contribution >= 0.6 is 15.9 Å². The molecule has 0 aliphatic heterocycles. The standard InChI is InChI=1S/C10H11BrN2/c1-6-8-3-2-7(11)4-9(8)13-10(6)5-12/h2-4,13H,5,12H2,1H3. The van der Waals surface area contributed by atoms with Crippen LogP contribution in [0.15, 0.2) is 22.7 Å². The van der Waals surface area contributed by atoms with Gasteiger partial charge in [-0.3, -0.25) is 0 Å². The quantitative estimate of drug-likeness (QED) is 0.789. The van der Waals surface area contributed by atoms with E-state index in [1.54, 1.807) is 0 Å². The molecule has 0 saturated carbocycles. The highest BCUT2D eigenvalue weighted by atomic mass is 79.9. The summed E-state index contributed by atoms with van der Waals surface area (Å²) < 4.78 is 1.09. The van der Waals surface area contributed by atoms with Crippen molar-refractivity contribution < 1.29 is 0 Å². The van der Waals surface area contributed by atoms with Gasteiger partial charge >= 0.3 is 0 Å². The van der Waals surface area contributed by atoms with Gasteiger partial charge in [0.15, 0.2) is 0 Å². The van der Waals surface area contributed by atoms with E-state index in [1.165, 1.54) is 10.9 Å². The highest BCUT2D eigenvalue weighted by Crippen LogP contribution is 2.24. The lowest BCUT2D eigenvalue weighted by Gasteiger charge is -1.92. The first-order chi connectivity index (χ1) is 6.22. The second-order valence-electron chi connectivity index (χ2n) is 3.12. The molecule has 0 aliphatic rings. The molecule has 0 unspecified atom stereocenters. The maximum Gasteiger partial charge on any atom is 0.0470 e. The molecule has 2 nitrogen and oxygen atoms in total. The van der Waals surface area contributed by atoms with E-state index in [9.17, 15) is 0 Å². The third-order valence-electron chi connectivity index (χ3n) is 2.33. The van der Waals surface area contributed by atoms with Crippen molar-refractivity contribution in [2.75, 3.05) is 0 Å². The van der Waals surface area contributed by atoms with Gasteiger partial charge in [-0.05, 0) is 24.6 Å². The van der Waals surface area contributed by atoms with Gasteiger partial charge in [0.25, 0.3) is 0 Å². The molecule has 13 heavy (non-hydrogen) atoms. The van der Waals surface area contributed by atoms with E-state index >= 15 is 0 Å². The average molecular weight is 239 g/mol. The molecular formula is C10H11BrN2. The largest absolute Gasteiger partial charge is 0.357 e. The first-order valence-electron chi connectivity index (χ1n) is 4.19. The number of aromatic amines is 1. The number of aryl methyl sites for hydroxylation is 1. The lowest BCUT2D eigenvalue weighted by Crippen LogP contribution is -1.97. The van der Waals surface area contributed by atoms with Crippen molar-refractivity contribution in [1.82, 2.24) is 4.98 Å². The van der Waals surface area contributed by atoms with Crippen molar-refractivity contribution in [3.8, 4) is 0 Å². The number of hydrogen-bond donors (Lipinski definition) is 2. The Balaban J connectivity index is 2.76. The van der Waals surface area contributed by atoms with E-state index in [2.05, 4.69) is 40.0 Å². The first kappa shape index (κ1) is 8.78. The molecule has 2 rings (SSSR count). The number of rotatable bonds is 1. The van der Waals surface area contributed by atoms with Crippen molar-refractivity contribution in [3.63, 3.8) is 0 Å². The van der Waals surface area contributed by atoms with E-state index in [0.29, 0.717) is 6.54 Å². The van der Waals surface area contributed by atoms with Crippen LogP contribution in [0.5, 0.6) is 0 Å². The van der Waals surface area contributed by atoms with Crippen LogP contribution in [0.2, 0.25) is 0 Å². The Morgan fingerprint density at radius 3 is 2.92 bits per heavy atom. The lowest BCUT2D eigenvalue weighted by molar-refractivity contribution is 1.00. The topological polar surface area (TPSA) is 41.8 Å². The molecule has 3 heteroatoms. The molecular weight excluding hydrogens is 228 g/mol. The van der Waals surface area contributed by atoms with E-state index in [4.69, 9.17) is 5.73 Å². The van der Waals surface area contributed by atoms with Crippen molar-refractivity contribution in [2.45, 2.75) is 13.5 Å². The Hall–Kier alpha value is -0.800.